The maximum absolute atomic E-state index is 12.6. The molecular weight excluding hydrogens is 582 g/mol. The van der Waals surface area contributed by atoms with Crippen LogP contribution in [-0.4, -0.2) is 80.6 Å². The summed E-state index contributed by atoms with van der Waals surface area (Å²) >= 11 is 0. The number of esters is 2. The first-order valence-electron chi connectivity index (χ1n) is 18.4. The molecule has 0 aliphatic rings. The van der Waals surface area contributed by atoms with Crippen molar-refractivity contribution in [3.8, 4) is 0 Å². The minimum Gasteiger partial charge on any atom is -0.477 e. The number of hydrogen-bond donors (Lipinski definition) is 1. The smallest absolute Gasteiger partial charge is 0.362 e. The topological polar surface area (TPSA) is 99.1 Å². The molecule has 268 valence electrons. The van der Waals surface area contributed by atoms with Gasteiger partial charge in [-0.1, -0.05) is 102 Å². The van der Waals surface area contributed by atoms with Gasteiger partial charge >= 0.3 is 17.9 Å². The highest BCUT2D eigenvalue weighted by Gasteiger charge is 2.31. The van der Waals surface area contributed by atoms with Crippen molar-refractivity contribution in [1.82, 2.24) is 0 Å². The lowest BCUT2D eigenvalue weighted by Gasteiger charge is -2.31. The van der Waals surface area contributed by atoms with Gasteiger partial charge in [0, 0.05) is 19.3 Å². The Morgan fingerprint density at radius 3 is 1.57 bits per heavy atom. The molecule has 0 aliphatic carbocycles. The van der Waals surface area contributed by atoms with Crippen LogP contribution in [0.3, 0.4) is 0 Å². The van der Waals surface area contributed by atoms with Crippen LogP contribution in [0.25, 0.3) is 0 Å². The van der Waals surface area contributed by atoms with Crippen molar-refractivity contribution < 1.29 is 38.2 Å². The third kappa shape index (κ3) is 28.1. The van der Waals surface area contributed by atoms with Crippen LogP contribution in [0.1, 0.15) is 149 Å². The van der Waals surface area contributed by atoms with Crippen LogP contribution < -0.4 is 0 Å². The molecule has 0 rings (SSSR count). The van der Waals surface area contributed by atoms with E-state index in [-0.39, 0.29) is 36.2 Å². The lowest BCUT2D eigenvalue weighted by Crippen LogP contribution is -2.50. The van der Waals surface area contributed by atoms with Crippen molar-refractivity contribution in [2.24, 2.45) is 0 Å². The Morgan fingerprint density at radius 2 is 1.09 bits per heavy atom. The average molecular weight is 653 g/mol. The van der Waals surface area contributed by atoms with Crippen LogP contribution in [0.15, 0.2) is 24.3 Å². The summed E-state index contributed by atoms with van der Waals surface area (Å²) in [4.78, 5) is 36.7. The zero-order valence-electron chi connectivity index (χ0n) is 30.3. The second kappa shape index (κ2) is 30.2. The van der Waals surface area contributed by atoms with Crippen LogP contribution in [0.5, 0.6) is 0 Å². The number of carbonyl (C=O) groups is 3. The molecule has 8 heteroatoms. The summed E-state index contributed by atoms with van der Waals surface area (Å²) < 4.78 is 17.1. The van der Waals surface area contributed by atoms with Gasteiger partial charge in [-0.05, 0) is 51.4 Å². The number of rotatable bonds is 32. The highest BCUT2D eigenvalue weighted by molar-refractivity contribution is 5.72. The first-order valence-corrected chi connectivity index (χ1v) is 18.4. The van der Waals surface area contributed by atoms with E-state index in [4.69, 9.17) is 14.2 Å². The fraction of sp³-hybridized carbons (Fsp3) is 0.816. The molecule has 2 unspecified atom stereocenters. The zero-order valence-corrected chi connectivity index (χ0v) is 30.3. The number of ether oxygens (including phenoxy) is 3. The van der Waals surface area contributed by atoms with Gasteiger partial charge in [0.1, 0.15) is 6.61 Å². The quantitative estimate of drug-likeness (QED) is 0.0335. The molecule has 46 heavy (non-hydrogen) atoms. The van der Waals surface area contributed by atoms with E-state index in [0.29, 0.717) is 19.3 Å². The molecular formula is C38H70NO7+. The fourth-order valence-corrected chi connectivity index (χ4v) is 5.11. The number of carbonyl (C=O) groups excluding carboxylic acids is 2. The van der Waals surface area contributed by atoms with Crippen LogP contribution in [0.2, 0.25) is 0 Å². The normalized spacial score (nSPS) is 13.3. The van der Waals surface area contributed by atoms with Gasteiger partial charge in [-0.25, -0.2) is 4.79 Å². The second-order valence-corrected chi connectivity index (χ2v) is 13.5. The summed E-state index contributed by atoms with van der Waals surface area (Å²) in [5.41, 5.74) is 0. The Balaban J connectivity index is 4.47. The number of carboxylic acid groups (broad SMARTS) is 1. The van der Waals surface area contributed by atoms with E-state index in [2.05, 4.69) is 38.2 Å². The monoisotopic (exact) mass is 653 g/mol. The summed E-state index contributed by atoms with van der Waals surface area (Å²) in [5, 5.41) is 9.56. The third-order valence-corrected chi connectivity index (χ3v) is 8.07. The molecule has 0 spiro atoms. The second-order valence-electron chi connectivity index (χ2n) is 13.5. The lowest BCUT2D eigenvalue weighted by molar-refractivity contribution is -0.887. The van der Waals surface area contributed by atoms with Gasteiger partial charge in [0.25, 0.3) is 0 Å². The molecule has 8 nitrogen and oxygen atoms in total. The molecule has 0 fully saturated rings. The molecule has 0 saturated carbocycles. The van der Waals surface area contributed by atoms with Crippen LogP contribution >= 0.6 is 0 Å². The standard InChI is InChI=1S/C38H69NO7/c1-6-8-10-12-14-16-18-20-22-24-26-28-36(40)45-33-34(32-44-31-30-35(38(42)43)39(3,4)5)46-37(41)29-27-25-23-21-19-17-15-13-11-9-7-2/h12-15,34-35H,6-11,16-33H2,1-5H3/p+1/b14-12-,15-13-. The molecule has 2 atom stereocenters. The van der Waals surface area contributed by atoms with Gasteiger partial charge in [-0.3, -0.25) is 9.59 Å². The summed E-state index contributed by atoms with van der Waals surface area (Å²) in [6, 6.07) is -0.613. The number of nitrogens with zero attached hydrogens (tertiary/aromatic N) is 1. The number of likely N-dealkylation sites (N-methyl/N-ethyl adjacent to an activating group) is 1. The highest BCUT2D eigenvalue weighted by atomic mass is 16.6. The molecule has 0 aromatic rings. The van der Waals surface area contributed by atoms with E-state index in [1.54, 1.807) is 0 Å². The SMILES string of the molecule is CCCC/C=C\CCCCCCCC(=O)OCC(COCCC(C(=O)O)[N+](C)(C)C)OC(=O)CCCCCCC/C=C\CCCC. The first kappa shape index (κ1) is 43.8. The number of unbranched alkanes of at least 4 members (excludes halogenated alkanes) is 14. The number of aliphatic carboxylic acids is 1. The predicted octanol–water partition coefficient (Wildman–Crippen LogP) is 8.96. The summed E-state index contributed by atoms with van der Waals surface area (Å²) in [6.45, 7) is 4.62. The molecule has 0 aromatic carbocycles. The molecule has 0 aromatic heterocycles. The molecule has 1 N–H and O–H groups in total. The Morgan fingerprint density at radius 1 is 0.630 bits per heavy atom. The van der Waals surface area contributed by atoms with Crippen LogP contribution in [0, 0.1) is 0 Å². The summed E-state index contributed by atoms with van der Waals surface area (Å²) in [7, 11) is 5.50. The summed E-state index contributed by atoms with van der Waals surface area (Å²) in [6.07, 6.45) is 29.3. The van der Waals surface area contributed by atoms with Gasteiger partial charge in [0.05, 0.1) is 34.4 Å². The molecule has 0 bridgehead atoms. The number of allylic oxidation sites excluding steroid dienone is 4. The molecule has 0 amide bonds. The lowest BCUT2D eigenvalue weighted by atomic mass is 10.1. The molecule has 0 aliphatic heterocycles. The van der Waals surface area contributed by atoms with Gasteiger partial charge in [-0.15, -0.1) is 0 Å². The number of carboxylic acids is 1. The Bertz CT molecular complexity index is 818. The van der Waals surface area contributed by atoms with Gasteiger partial charge in [0.2, 0.25) is 0 Å². The van der Waals surface area contributed by atoms with E-state index < -0.39 is 18.1 Å². The van der Waals surface area contributed by atoms with Crippen LogP contribution in [-0.2, 0) is 28.6 Å². The highest BCUT2D eigenvalue weighted by Crippen LogP contribution is 2.13. The predicted molar refractivity (Wildman–Crippen MR) is 188 cm³/mol. The van der Waals surface area contributed by atoms with Crippen molar-refractivity contribution in [3.63, 3.8) is 0 Å². The average Bonchev–Trinajstić information content (AvgIpc) is 3.00. The van der Waals surface area contributed by atoms with E-state index in [1.807, 2.05) is 21.1 Å². The van der Waals surface area contributed by atoms with Crippen molar-refractivity contribution in [2.45, 2.75) is 161 Å². The minimum atomic E-state index is -0.879. The maximum Gasteiger partial charge on any atom is 0.362 e. The first-order chi connectivity index (χ1) is 22.1. The maximum atomic E-state index is 12.6. The Kier molecular flexibility index (Phi) is 28.7. The fourth-order valence-electron chi connectivity index (χ4n) is 5.11. The van der Waals surface area contributed by atoms with E-state index in [9.17, 15) is 19.5 Å². The van der Waals surface area contributed by atoms with Gasteiger partial charge in [0.15, 0.2) is 12.1 Å². The number of hydrogen-bond acceptors (Lipinski definition) is 6. The van der Waals surface area contributed by atoms with E-state index >= 15 is 0 Å². The molecule has 0 radical (unpaired) electrons. The molecule has 0 saturated heterocycles. The summed E-state index contributed by atoms with van der Waals surface area (Å²) in [5.74, 6) is -1.50. The number of quaternary nitrogens is 1. The third-order valence-electron chi connectivity index (χ3n) is 8.07. The minimum absolute atomic E-state index is 0.0567. The Hall–Kier alpha value is -2.19. The van der Waals surface area contributed by atoms with Crippen molar-refractivity contribution in [1.29, 1.82) is 0 Å². The zero-order chi connectivity index (χ0) is 34.3. The largest absolute Gasteiger partial charge is 0.477 e. The van der Waals surface area contributed by atoms with Crippen molar-refractivity contribution in [3.05, 3.63) is 24.3 Å². The Labute approximate surface area is 281 Å². The van der Waals surface area contributed by atoms with Crippen molar-refractivity contribution in [2.75, 3.05) is 41.0 Å². The van der Waals surface area contributed by atoms with E-state index in [0.717, 1.165) is 64.2 Å². The van der Waals surface area contributed by atoms with Gasteiger partial charge in [-0.2, -0.15) is 0 Å². The molecule has 0 heterocycles. The van der Waals surface area contributed by atoms with Crippen molar-refractivity contribution >= 4 is 17.9 Å². The van der Waals surface area contributed by atoms with Crippen LogP contribution in [0.4, 0.5) is 0 Å². The van der Waals surface area contributed by atoms with E-state index in [1.165, 1.54) is 51.4 Å². The van der Waals surface area contributed by atoms with Gasteiger partial charge < -0.3 is 23.8 Å².